The third kappa shape index (κ3) is 9.53. The highest BCUT2D eigenvalue weighted by molar-refractivity contribution is 7.91. The molecule has 2 saturated carbocycles. The number of alkyl halides is 7. The third-order valence-electron chi connectivity index (χ3n) is 13.2. The number of alkyl carbamates (subject to hydrolysis) is 1. The van der Waals surface area contributed by atoms with Crippen LogP contribution >= 0.6 is 0 Å². The number of ether oxygens (including phenoxy) is 4. The molecule has 2 aliphatic carbocycles. The molecule has 3 N–H and O–H groups in total. The van der Waals surface area contributed by atoms with Crippen LogP contribution in [-0.4, -0.2) is 116 Å². The molecule has 1 aromatic carbocycles. The van der Waals surface area contributed by atoms with Crippen LogP contribution < -0.4 is 24.8 Å². The number of amides is 4. The first kappa shape index (κ1) is 48.0. The minimum absolute atomic E-state index is 0.000434. The number of nitrogens with one attached hydrogen (secondary N) is 3. The van der Waals surface area contributed by atoms with Crippen LogP contribution in [0.2, 0.25) is 0 Å². The van der Waals surface area contributed by atoms with Gasteiger partial charge in [-0.3, -0.25) is 19.1 Å². The van der Waals surface area contributed by atoms with Crippen LogP contribution in [0.15, 0.2) is 36.5 Å². The monoisotopic (exact) mass is 949 g/mol. The largest absolute Gasteiger partial charge is 0.497 e. The summed E-state index contributed by atoms with van der Waals surface area (Å²) in [5.41, 5.74) is -6.02. The molecular weight excluding hydrogens is 900 g/mol. The summed E-state index contributed by atoms with van der Waals surface area (Å²) in [6.45, 7) is 0.717. The van der Waals surface area contributed by atoms with Gasteiger partial charge in [-0.2, -0.15) is 26.3 Å². The van der Waals surface area contributed by atoms with E-state index < -0.39 is 130 Å². The molecule has 2 saturated heterocycles. The molecule has 8 atom stereocenters. The van der Waals surface area contributed by atoms with Gasteiger partial charge in [-0.1, -0.05) is 26.0 Å². The Morgan fingerprint density at radius 1 is 1.06 bits per heavy atom. The molecule has 1 aromatic heterocycles. The summed E-state index contributed by atoms with van der Waals surface area (Å²) in [6, 6.07) is 0.577. The highest BCUT2D eigenvalue weighted by Gasteiger charge is 2.64. The van der Waals surface area contributed by atoms with Gasteiger partial charge in [0.1, 0.15) is 40.9 Å². The van der Waals surface area contributed by atoms with E-state index in [4.69, 9.17) is 18.9 Å². The molecule has 7 rings (SSSR count). The van der Waals surface area contributed by atoms with Crippen LogP contribution in [0.5, 0.6) is 11.6 Å². The quantitative estimate of drug-likeness (QED) is 0.208. The van der Waals surface area contributed by atoms with Crippen molar-refractivity contribution >= 4 is 44.6 Å². The maximum atomic E-state index is 14.9. The molecule has 0 spiro atoms. The number of rotatable bonds is 9. The number of carbonyl (C=O) groups is 4. The Morgan fingerprint density at radius 2 is 1.80 bits per heavy atom. The lowest BCUT2D eigenvalue weighted by Gasteiger charge is -2.38. The lowest BCUT2D eigenvalue weighted by atomic mass is 9.88. The van der Waals surface area contributed by atoms with E-state index in [1.54, 1.807) is 19.1 Å². The van der Waals surface area contributed by atoms with Crippen LogP contribution in [-0.2, 0) is 40.1 Å². The smallest absolute Gasteiger partial charge is 0.430 e. The van der Waals surface area contributed by atoms with E-state index in [2.05, 4.69) is 15.6 Å². The summed E-state index contributed by atoms with van der Waals surface area (Å²) in [6.07, 6.45) is -8.83. The number of pyridine rings is 1. The fraction of sp³-hybridized carbons (Fsp3) is 0.643. The van der Waals surface area contributed by atoms with Gasteiger partial charge >= 0.3 is 18.4 Å². The molecule has 23 heteroatoms. The second-order valence-electron chi connectivity index (χ2n) is 17.9. The number of hydrogen-bond donors (Lipinski definition) is 3. The molecule has 4 heterocycles. The van der Waals surface area contributed by atoms with E-state index in [9.17, 15) is 58.3 Å². The van der Waals surface area contributed by atoms with Crippen LogP contribution in [0.25, 0.3) is 10.8 Å². The highest BCUT2D eigenvalue weighted by Crippen LogP contribution is 2.48. The molecular formula is C42H50F7N5O10S. The van der Waals surface area contributed by atoms with Crippen LogP contribution in [0.1, 0.15) is 77.2 Å². The molecule has 5 aliphatic rings. The Morgan fingerprint density at radius 3 is 2.43 bits per heavy atom. The van der Waals surface area contributed by atoms with E-state index in [-0.39, 0.29) is 67.0 Å². The number of methoxy groups -OCH3 is 1. The molecule has 1 unspecified atom stereocenters. The van der Waals surface area contributed by atoms with Crippen molar-refractivity contribution in [2.45, 2.75) is 118 Å². The summed E-state index contributed by atoms with van der Waals surface area (Å²) in [5.74, 6) is -5.06. The summed E-state index contributed by atoms with van der Waals surface area (Å²) < 4.78 is 148. The summed E-state index contributed by atoms with van der Waals surface area (Å²) in [7, 11) is -3.29. The van der Waals surface area contributed by atoms with Gasteiger partial charge in [0, 0.05) is 42.3 Å². The molecule has 65 heavy (non-hydrogen) atoms. The van der Waals surface area contributed by atoms with E-state index in [0.29, 0.717) is 19.0 Å². The van der Waals surface area contributed by atoms with Crippen molar-refractivity contribution in [3.8, 4) is 11.6 Å². The zero-order chi connectivity index (χ0) is 47.3. The minimum atomic E-state index is -5.05. The first-order chi connectivity index (χ1) is 30.5. The Hall–Kier alpha value is -4.93. The summed E-state index contributed by atoms with van der Waals surface area (Å²) >= 11 is 0. The minimum Gasteiger partial charge on any atom is -0.497 e. The number of benzene rings is 1. The van der Waals surface area contributed by atoms with Crippen LogP contribution in [0.4, 0.5) is 35.5 Å². The topological polar surface area (TPSA) is 192 Å². The van der Waals surface area contributed by atoms with Crippen molar-refractivity contribution in [3.05, 3.63) is 42.1 Å². The zero-order valence-electron chi connectivity index (χ0n) is 35.7. The van der Waals surface area contributed by atoms with Gasteiger partial charge in [0.2, 0.25) is 33.3 Å². The predicted octanol–water partition coefficient (Wildman–Crippen LogP) is 5.65. The second kappa shape index (κ2) is 17.7. The maximum Gasteiger partial charge on any atom is 0.430 e. The second-order valence-corrected chi connectivity index (χ2v) is 20.0. The fourth-order valence-corrected chi connectivity index (χ4v) is 10.4. The molecule has 4 fully saturated rings. The Kier molecular flexibility index (Phi) is 13.1. The highest BCUT2D eigenvalue weighted by atomic mass is 32.2. The van der Waals surface area contributed by atoms with Gasteiger partial charge < -0.3 is 34.5 Å². The number of sulfonamides is 1. The van der Waals surface area contributed by atoms with Gasteiger partial charge in [0.05, 0.1) is 25.8 Å². The zero-order valence-corrected chi connectivity index (χ0v) is 36.5. The Labute approximate surface area is 369 Å². The van der Waals surface area contributed by atoms with Crippen molar-refractivity contribution in [3.63, 3.8) is 0 Å². The molecule has 2 aromatic rings. The number of nitrogens with zero attached hydrogens (tertiary/aromatic N) is 2. The third-order valence-corrected chi connectivity index (χ3v) is 15.3. The molecule has 0 bridgehead atoms. The number of allylic oxidation sites excluding steroid dienone is 1. The van der Waals surface area contributed by atoms with E-state index in [1.165, 1.54) is 19.2 Å². The van der Waals surface area contributed by atoms with E-state index >= 15 is 0 Å². The SMILES string of the molecule is COc1ccc2c(O[C@@H]3C[C@H]4C(=O)N[C@]5(C(=O)NS(=O)(=O)C6(CF)CC6)C[C@H]5/C=C\CC[C@@H](C)C[C@@H](C)[C@H](NC(=O)OC5(C(F)(F)F)CCCOC5)C(=O)N4C3)ncc(C(F)(F)F)c2c1. The van der Waals surface area contributed by atoms with Crippen LogP contribution in [0.3, 0.4) is 0 Å². The van der Waals surface area contributed by atoms with Crippen molar-refractivity contribution in [1.82, 2.24) is 25.2 Å². The first-order valence-electron chi connectivity index (χ1n) is 21.3. The predicted molar refractivity (Wildman–Crippen MR) is 215 cm³/mol. The summed E-state index contributed by atoms with van der Waals surface area (Å²) in [4.78, 5) is 61.9. The van der Waals surface area contributed by atoms with Crippen molar-refractivity contribution in [2.75, 3.05) is 33.5 Å². The lowest BCUT2D eigenvalue weighted by Crippen LogP contribution is -2.60. The average molecular weight is 950 g/mol. The molecule has 358 valence electrons. The molecule has 4 amide bonds. The first-order valence-corrected chi connectivity index (χ1v) is 22.7. The molecule has 15 nitrogen and oxygen atoms in total. The van der Waals surface area contributed by atoms with Gasteiger partial charge in [-0.05, 0) is 75.0 Å². The average Bonchev–Trinajstić information content (AvgIpc) is 4.15. The number of aromatic nitrogens is 1. The maximum absolute atomic E-state index is 14.9. The van der Waals surface area contributed by atoms with Gasteiger partial charge in [0.25, 0.3) is 5.91 Å². The fourth-order valence-electron chi connectivity index (χ4n) is 9.02. The molecule has 3 aliphatic heterocycles. The van der Waals surface area contributed by atoms with Crippen molar-refractivity contribution < 1.29 is 77.3 Å². The Bertz CT molecular complexity index is 2320. The Balaban J connectivity index is 1.25. The lowest BCUT2D eigenvalue weighted by molar-refractivity contribution is -0.285. The summed E-state index contributed by atoms with van der Waals surface area (Å²) in [5, 5.41) is 4.51. The van der Waals surface area contributed by atoms with E-state index in [1.807, 2.05) is 11.6 Å². The number of carbonyl (C=O) groups excluding carboxylic acids is 4. The van der Waals surface area contributed by atoms with Gasteiger partial charge in [0.15, 0.2) is 0 Å². The van der Waals surface area contributed by atoms with E-state index in [0.717, 1.165) is 11.0 Å². The van der Waals surface area contributed by atoms with Crippen molar-refractivity contribution in [2.24, 2.45) is 17.8 Å². The van der Waals surface area contributed by atoms with Gasteiger partial charge in [-0.15, -0.1) is 0 Å². The number of fused-ring (bicyclic) bond motifs is 3. The standard InChI is InChI=1S/C42H50F7N5O10S/c1-23-7-4-5-8-25-18-40(25,36(57)53-65(59,60)38(21-43)12-13-38)52-33(55)31-17-27(63-34-28-10-9-26(61-3)16-29(28)30(19-50-34)41(44,45)46)20-54(31)35(56)32(24(2)15-23)51-37(58)64-39(42(47,48)49)11-6-14-62-22-39/h5,8-10,16,19,23-25,27,31-32H,4,6-7,11-15,17-18,20-22H2,1-3H3,(H,51,58)(H,52,55)(H,53,57)/b8-5-/t23-,24-,25-,27-,31+,32+,39?,40-/m1/s1. The normalized spacial score (nSPS) is 31.3. The number of halogens is 7. The van der Waals surface area contributed by atoms with Crippen molar-refractivity contribution in [1.29, 1.82) is 0 Å². The van der Waals surface area contributed by atoms with Crippen LogP contribution in [0, 0.1) is 17.8 Å². The number of hydrogen-bond acceptors (Lipinski definition) is 11. The molecule has 0 radical (unpaired) electrons. The van der Waals surface area contributed by atoms with Gasteiger partial charge in [-0.25, -0.2) is 22.6 Å².